The molecule has 130 valence electrons. The van der Waals surface area contributed by atoms with E-state index in [1.807, 2.05) is 6.07 Å². The van der Waals surface area contributed by atoms with E-state index >= 15 is 0 Å². The van der Waals surface area contributed by atoms with Crippen LogP contribution in [0.4, 0.5) is 5.69 Å². The van der Waals surface area contributed by atoms with Crippen molar-refractivity contribution in [3.05, 3.63) is 35.7 Å². The van der Waals surface area contributed by atoms with E-state index < -0.39 is 11.9 Å². The van der Waals surface area contributed by atoms with E-state index in [0.717, 1.165) is 0 Å². The first-order valence-electron chi connectivity index (χ1n) is 7.01. The summed E-state index contributed by atoms with van der Waals surface area (Å²) in [6, 6.07) is 6.62. The summed E-state index contributed by atoms with van der Waals surface area (Å²) >= 11 is 0. The number of aromatic nitrogens is 1. The van der Waals surface area contributed by atoms with Gasteiger partial charge in [0.15, 0.2) is 23.8 Å². The molecule has 0 fully saturated rings. The predicted molar refractivity (Wildman–Crippen MR) is 87.5 cm³/mol. The highest BCUT2D eigenvalue weighted by atomic mass is 16.5. The van der Waals surface area contributed by atoms with Gasteiger partial charge in [-0.05, 0) is 12.1 Å². The summed E-state index contributed by atoms with van der Waals surface area (Å²) in [5.41, 5.74) is 11.6. The lowest BCUT2D eigenvalue weighted by atomic mass is 10.2. The molecule has 2 rings (SSSR count). The summed E-state index contributed by atoms with van der Waals surface area (Å²) in [6.07, 6.45) is 1.42. The van der Waals surface area contributed by atoms with E-state index in [1.165, 1.54) is 25.0 Å². The Morgan fingerprint density at radius 1 is 1.28 bits per heavy atom. The van der Waals surface area contributed by atoms with E-state index in [0.29, 0.717) is 17.2 Å². The maximum atomic E-state index is 12.0. The molecule has 1 aromatic heterocycles. The summed E-state index contributed by atoms with van der Waals surface area (Å²) in [7, 11) is 2.63. The average molecular weight is 344 g/mol. The Morgan fingerprint density at radius 2 is 2.00 bits per heavy atom. The second-order valence-electron chi connectivity index (χ2n) is 4.87. The Hall–Kier alpha value is -3.67. The maximum absolute atomic E-state index is 12.0. The largest absolute Gasteiger partial charge is 0.493 e. The number of methoxy groups -OCH3 is 2. The molecule has 0 unspecified atom stereocenters. The molecular formula is C16H16N4O5. The van der Waals surface area contributed by atoms with Crippen LogP contribution in [0.25, 0.3) is 5.69 Å². The molecule has 1 amide bonds. The minimum atomic E-state index is -0.688. The van der Waals surface area contributed by atoms with Crippen molar-refractivity contribution in [1.82, 2.24) is 4.57 Å². The number of nitrogens with zero attached hydrogens (tertiary/aromatic N) is 2. The number of benzene rings is 1. The molecule has 1 aromatic carbocycles. The van der Waals surface area contributed by atoms with E-state index in [2.05, 4.69) is 0 Å². The number of carbonyl (C=O) groups excluding carboxylic acids is 2. The van der Waals surface area contributed by atoms with Crippen molar-refractivity contribution in [2.45, 2.75) is 0 Å². The number of nitrogens with two attached hydrogens (primary N) is 2. The molecule has 0 atom stereocenters. The third-order valence-corrected chi connectivity index (χ3v) is 3.34. The van der Waals surface area contributed by atoms with Crippen LogP contribution in [0.1, 0.15) is 16.1 Å². The molecule has 0 bridgehead atoms. The van der Waals surface area contributed by atoms with Crippen LogP contribution in [0, 0.1) is 11.3 Å². The van der Waals surface area contributed by atoms with Crippen LogP contribution in [0.5, 0.6) is 11.5 Å². The SMILES string of the molecule is COC(=O)c1c(N)c(C#N)cn1-c1ccc(OCC(N)=O)c(OC)c1. The van der Waals surface area contributed by atoms with Crippen LogP contribution in [0.15, 0.2) is 24.4 Å². The van der Waals surface area contributed by atoms with Gasteiger partial charge < -0.3 is 30.2 Å². The van der Waals surface area contributed by atoms with Crippen molar-refractivity contribution >= 4 is 17.6 Å². The van der Waals surface area contributed by atoms with Gasteiger partial charge in [0.25, 0.3) is 5.91 Å². The van der Waals surface area contributed by atoms with Crippen LogP contribution in [-0.2, 0) is 9.53 Å². The fourth-order valence-electron chi connectivity index (χ4n) is 2.19. The molecule has 1 heterocycles. The number of esters is 1. The van der Waals surface area contributed by atoms with E-state index in [1.54, 1.807) is 18.2 Å². The van der Waals surface area contributed by atoms with Gasteiger partial charge in [0.1, 0.15) is 6.07 Å². The molecular weight excluding hydrogens is 328 g/mol. The molecule has 0 radical (unpaired) electrons. The Bertz CT molecular complexity index is 866. The summed E-state index contributed by atoms with van der Waals surface area (Å²) in [5.74, 6) is -0.714. The molecule has 0 aliphatic carbocycles. The van der Waals surface area contributed by atoms with Gasteiger partial charge in [0, 0.05) is 18.0 Å². The third-order valence-electron chi connectivity index (χ3n) is 3.34. The van der Waals surface area contributed by atoms with E-state index in [4.69, 9.17) is 30.9 Å². The van der Waals surface area contributed by atoms with Crippen molar-refractivity contribution in [3.63, 3.8) is 0 Å². The van der Waals surface area contributed by atoms with Crippen molar-refractivity contribution < 1.29 is 23.8 Å². The zero-order chi connectivity index (χ0) is 18.6. The summed E-state index contributed by atoms with van der Waals surface area (Å²) in [4.78, 5) is 22.9. The first-order chi connectivity index (χ1) is 11.9. The average Bonchev–Trinajstić information content (AvgIpc) is 2.95. The molecule has 2 aromatic rings. The quantitative estimate of drug-likeness (QED) is 0.730. The number of carbonyl (C=O) groups is 2. The molecule has 0 saturated heterocycles. The van der Waals surface area contributed by atoms with Gasteiger partial charge in [0.2, 0.25) is 0 Å². The number of nitriles is 1. The fourth-order valence-corrected chi connectivity index (χ4v) is 2.19. The molecule has 0 aliphatic rings. The lowest BCUT2D eigenvalue weighted by Crippen LogP contribution is -2.20. The zero-order valence-electron chi connectivity index (χ0n) is 13.6. The molecule has 4 N–H and O–H groups in total. The lowest BCUT2D eigenvalue weighted by Gasteiger charge is -2.13. The summed E-state index contributed by atoms with van der Waals surface area (Å²) < 4.78 is 16.6. The number of hydrogen-bond acceptors (Lipinski definition) is 7. The van der Waals surface area contributed by atoms with E-state index in [-0.39, 0.29) is 23.6 Å². The number of anilines is 1. The molecule has 0 saturated carbocycles. The highest BCUT2D eigenvalue weighted by Gasteiger charge is 2.22. The Kier molecular flexibility index (Phi) is 5.14. The standard InChI is InChI=1S/C16H16N4O5/c1-23-12-5-10(3-4-11(12)25-8-13(18)21)20-7-9(6-17)14(19)15(20)16(22)24-2/h3-5,7H,8,19H2,1-2H3,(H2,18,21). The van der Waals surface area contributed by atoms with Crippen molar-refractivity contribution in [1.29, 1.82) is 5.26 Å². The minimum absolute atomic E-state index is 0.0161. The molecule has 25 heavy (non-hydrogen) atoms. The van der Waals surface area contributed by atoms with Crippen molar-refractivity contribution in [2.75, 3.05) is 26.6 Å². The van der Waals surface area contributed by atoms with Crippen LogP contribution in [0.2, 0.25) is 0 Å². The van der Waals surface area contributed by atoms with Crippen LogP contribution >= 0.6 is 0 Å². The molecule has 0 aliphatic heterocycles. The smallest absolute Gasteiger partial charge is 0.357 e. The second-order valence-corrected chi connectivity index (χ2v) is 4.87. The number of primary amides is 1. The summed E-state index contributed by atoms with van der Waals surface area (Å²) in [6.45, 7) is -0.307. The highest BCUT2D eigenvalue weighted by molar-refractivity contribution is 5.96. The number of rotatable bonds is 6. The molecule has 0 spiro atoms. The van der Waals surface area contributed by atoms with Gasteiger partial charge in [-0.25, -0.2) is 4.79 Å². The highest BCUT2D eigenvalue weighted by Crippen LogP contribution is 2.32. The van der Waals surface area contributed by atoms with E-state index in [9.17, 15) is 9.59 Å². The monoisotopic (exact) mass is 344 g/mol. The Balaban J connectivity index is 2.54. The van der Waals surface area contributed by atoms with Crippen LogP contribution in [-0.4, -0.2) is 37.3 Å². The second kappa shape index (κ2) is 7.27. The third kappa shape index (κ3) is 3.48. The topological polar surface area (TPSA) is 143 Å². The van der Waals surface area contributed by atoms with Gasteiger partial charge in [-0.3, -0.25) is 4.79 Å². The summed E-state index contributed by atoms with van der Waals surface area (Å²) in [5, 5.41) is 9.14. The Labute approximate surface area is 143 Å². The van der Waals surface area contributed by atoms with Crippen LogP contribution in [0.3, 0.4) is 0 Å². The first-order valence-corrected chi connectivity index (χ1v) is 7.01. The number of hydrogen-bond donors (Lipinski definition) is 2. The lowest BCUT2D eigenvalue weighted by molar-refractivity contribution is -0.119. The van der Waals surface area contributed by atoms with Gasteiger partial charge in [-0.1, -0.05) is 0 Å². The van der Waals surface area contributed by atoms with Gasteiger partial charge in [-0.15, -0.1) is 0 Å². The molecule has 9 nitrogen and oxygen atoms in total. The minimum Gasteiger partial charge on any atom is -0.493 e. The van der Waals surface area contributed by atoms with Crippen molar-refractivity contribution in [3.8, 4) is 23.3 Å². The predicted octanol–water partition coefficient (Wildman–Crippen LogP) is 0.590. The number of amides is 1. The van der Waals surface area contributed by atoms with Gasteiger partial charge >= 0.3 is 5.97 Å². The maximum Gasteiger partial charge on any atom is 0.357 e. The number of ether oxygens (including phenoxy) is 3. The fraction of sp³-hybridized carbons (Fsp3) is 0.188. The number of nitrogen functional groups attached to an aromatic ring is 1. The normalized spacial score (nSPS) is 9.96. The van der Waals surface area contributed by atoms with Gasteiger partial charge in [0.05, 0.1) is 25.5 Å². The van der Waals surface area contributed by atoms with Gasteiger partial charge in [-0.2, -0.15) is 5.26 Å². The Morgan fingerprint density at radius 3 is 2.56 bits per heavy atom. The molecule has 9 heteroatoms. The van der Waals surface area contributed by atoms with Crippen LogP contribution < -0.4 is 20.9 Å². The van der Waals surface area contributed by atoms with Crippen molar-refractivity contribution in [2.24, 2.45) is 5.73 Å². The first kappa shape index (κ1) is 17.7. The zero-order valence-corrected chi connectivity index (χ0v) is 13.6.